The molecule has 1 atom stereocenters. The van der Waals surface area contributed by atoms with Crippen LogP contribution in [0.25, 0.3) is 0 Å². The van der Waals surface area contributed by atoms with Crippen LogP contribution in [-0.4, -0.2) is 27.1 Å². The minimum atomic E-state index is -0.770. The second-order valence-corrected chi connectivity index (χ2v) is 5.57. The van der Waals surface area contributed by atoms with Gasteiger partial charge in [-0.3, -0.25) is 4.79 Å². The van der Waals surface area contributed by atoms with Gasteiger partial charge in [-0.25, -0.2) is 0 Å². The maximum Gasteiger partial charge on any atom is 0.303 e. The molecular formula is C12H17NO2Si. The lowest BCUT2D eigenvalue weighted by Gasteiger charge is -2.14. The Morgan fingerprint density at radius 3 is 2.75 bits per heavy atom. The van der Waals surface area contributed by atoms with Crippen molar-refractivity contribution < 1.29 is 9.90 Å². The van der Waals surface area contributed by atoms with Crippen molar-refractivity contribution in [2.75, 3.05) is 6.54 Å². The summed E-state index contributed by atoms with van der Waals surface area (Å²) in [7, 11) is 0.478. The molecule has 0 aliphatic rings. The number of aryl methyl sites for hydroxylation is 1. The summed E-state index contributed by atoms with van der Waals surface area (Å²) < 4.78 is 0. The number of rotatable bonds is 5. The molecule has 4 heteroatoms. The molecule has 0 aliphatic heterocycles. The van der Waals surface area contributed by atoms with Gasteiger partial charge in [0.05, 0.1) is 9.52 Å². The van der Waals surface area contributed by atoms with Crippen molar-refractivity contribution in [2.24, 2.45) is 5.73 Å². The van der Waals surface area contributed by atoms with Gasteiger partial charge in [0.25, 0.3) is 0 Å². The molecule has 1 aromatic carbocycles. The number of hydrogen-bond donors (Lipinski definition) is 2. The molecule has 1 rings (SSSR count). The molecule has 3 N–H and O–H groups in total. The third kappa shape index (κ3) is 3.47. The van der Waals surface area contributed by atoms with E-state index in [2.05, 4.69) is 26.0 Å². The zero-order valence-electron chi connectivity index (χ0n) is 9.66. The molecule has 0 fully saturated rings. The predicted molar refractivity (Wildman–Crippen MR) is 66.4 cm³/mol. The number of aliphatic carboxylic acids is 1. The second-order valence-electron chi connectivity index (χ2n) is 3.92. The summed E-state index contributed by atoms with van der Waals surface area (Å²) in [6.07, 6.45) is 0.155. The molecule has 1 aromatic rings. The first-order valence-electron chi connectivity index (χ1n) is 5.29. The zero-order chi connectivity index (χ0) is 12.1. The van der Waals surface area contributed by atoms with E-state index in [0.29, 0.717) is 16.1 Å². The molecule has 86 valence electrons. The fourth-order valence-electron chi connectivity index (χ4n) is 1.53. The van der Waals surface area contributed by atoms with Crippen LogP contribution in [0.15, 0.2) is 18.2 Å². The quantitative estimate of drug-likeness (QED) is 0.744. The van der Waals surface area contributed by atoms with Crippen molar-refractivity contribution in [2.45, 2.75) is 25.8 Å². The van der Waals surface area contributed by atoms with Crippen LogP contribution in [0.1, 0.15) is 17.5 Å². The molecule has 0 saturated carbocycles. The Bertz CT molecular complexity index is 379. The molecule has 0 aliphatic carbocycles. The van der Waals surface area contributed by atoms with Gasteiger partial charge in [0, 0.05) is 6.42 Å². The lowest BCUT2D eigenvalue weighted by atomic mass is 10.1. The van der Waals surface area contributed by atoms with Gasteiger partial charge in [-0.05, 0) is 37.1 Å². The Labute approximate surface area is 98.5 Å². The zero-order valence-corrected chi connectivity index (χ0v) is 10.7. The van der Waals surface area contributed by atoms with Crippen molar-refractivity contribution in [3.63, 3.8) is 0 Å². The van der Waals surface area contributed by atoms with Gasteiger partial charge >= 0.3 is 5.97 Å². The fourth-order valence-corrected chi connectivity index (χ4v) is 2.97. The first-order chi connectivity index (χ1) is 7.54. The van der Waals surface area contributed by atoms with E-state index in [1.165, 1.54) is 16.3 Å². The number of carbonyl (C=O) groups is 1. The molecule has 0 aromatic heterocycles. The first kappa shape index (κ1) is 12.9. The van der Waals surface area contributed by atoms with Crippen LogP contribution in [0, 0.1) is 13.8 Å². The third-order valence-electron chi connectivity index (χ3n) is 2.67. The first-order valence-corrected chi connectivity index (χ1v) is 6.37. The van der Waals surface area contributed by atoms with Gasteiger partial charge < -0.3 is 10.8 Å². The molecule has 16 heavy (non-hydrogen) atoms. The molecule has 0 amide bonds. The number of benzene rings is 1. The molecule has 0 bridgehead atoms. The van der Waals surface area contributed by atoms with Crippen LogP contribution in [0.3, 0.4) is 0 Å². The van der Waals surface area contributed by atoms with Crippen molar-refractivity contribution in [3.05, 3.63) is 29.3 Å². The number of nitrogens with two attached hydrogens (primary N) is 1. The highest BCUT2D eigenvalue weighted by atomic mass is 28.2. The molecule has 0 spiro atoms. The molecule has 0 heterocycles. The van der Waals surface area contributed by atoms with E-state index >= 15 is 0 Å². The van der Waals surface area contributed by atoms with E-state index in [9.17, 15) is 4.79 Å². The Kier molecular flexibility index (Phi) is 4.70. The fraction of sp³-hybridized carbons (Fsp3) is 0.417. The highest BCUT2D eigenvalue weighted by molar-refractivity contribution is 6.56. The normalized spacial score (nSPS) is 12.4. The van der Waals surface area contributed by atoms with Gasteiger partial charge in [0.2, 0.25) is 0 Å². The summed E-state index contributed by atoms with van der Waals surface area (Å²) >= 11 is 0. The Morgan fingerprint density at radius 2 is 2.19 bits per heavy atom. The summed E-state index contributed by atoms with van der Waals surface area (Å²) in [5, 5.41) is 10.00. The molecule has 0 saturated heterocycles. The molecule has 3 nitrogen and oxygen atoms in total. The lowest BCUT2D eigenvalue weighted by molar-refractivity contribution is -0.137. The minimum absolute atomic E-state index is 0.0537. The highest BCUT2D eigenvalue weighted by Gasteiger charge is 2.14. The van der Waals surface area contributed by atoms with E-state index in [-0.39, 0.29) is 12.0 Å². The maximum atomic E-state index is 10.7. The summed E-state index contributed by atoms with van der Waals surface area (Å²) in [6.45, 7) is 4.57. The summed E-state index contributed by atoms with van der Waals surface area (Å²) in [6, 6.07) is 6.14. The largest absolute Gasteiger partial charge is 0.481 e. The van der Waals surface area contributed by atoms with E-state index in [1.54, 1.807) is 0 Å². The predicted octanol–water partition coefficient (Wildman–Crippen LogP) is 0.855. The lowest BCUT2D eigenvalue weighted by Crippen LogP contribution is -2.28. The van der Waals surface area contributed by atoms with Gasteiger partial charge in [-0.15, -0.1) is 0 Å². The Balaban J connectivity index is 2.77. The van der Waals surface area contributed by atoms with Crippen LogP contribution in [0.2, 0.25) is 5.54 Å². The maximum absolute atomic E-state index is 10.7. The number of carboxylic acids is 1. The van der Waals surface area contributed by atoms with Crippen LogP contribution in [0.4, 0.5) is 0 Å². The van der Waals surface area contributed by atoms with Gasteiger partial charge in [0.1, 0.15) is 0 Å². The highest BCUT2D eigenvalue weighted by Crippen LogP contribution is 2.09. The van der Waals surface area contributed by atoms with E-state index in [1.807, 2.05) is 6.07 Å². The number of carboxylic acid groups (broad SMARTS) is 1. The standard InChI is InChI=1S/C12H17NO2Si/c1-8-4-3-5-11(9(8)2)16-10(7-13)6-12(14)15/h3-5,10H,6-7,13H2,1-2H3,(H,14,15). The third-order valence-corrected chi connectivity index (χ3v) is 4.37. The summed E-state index contributed by atoms with van der Waals surface area (Å²) in [5.41, 5.74) is 8.16. The minimum Gasteiger partial charge on any atom is -0.481 e. The van der Waals surface area contributed by atoms with E-state index in [0.717, 1.165) is 0 Å². The average molecular weight is 235 g/mol. The van der Waals surface area contributed by atoms with E-state index in [4.69, 9.17) is 10.8 Å². The SMILES string of the molecule is Cc1cccc([Si]C(CN)CC(=O)O)c1C. The van der Waals surface area contributed by atoms with E-state index < -0.39 is 5.97 Å². The average Bonchev–Trinajstić information content (AvgIpc) is 2.23. The van der Waals surface area contributed by atoms with Crippen molar-refractivity contribution >= 4 is 20.7 Å². The van der Waals surface area contributed by atoms with Gasteiger partial charge in [0.15, 0.2) is 0 Å². The summed E-state index contributed by atoms with van der Waals surface area (Å²) in [4.78, 5) is 10.7. The van der Waals surface area contributed by atoms with Crippen molar-refractivity contribution in [3.8, 4) is 0 Å². The monoisotopic (exact) mass is 235 g/mol. The summed E-state index contributed by atoms with van der Waals surface area (Å²) in [5.74, 6) is -0.770. The van der Waals surface area contributed by atoms with Gasteiger partial charge in [-0.1, -0.05) is 23.4 Å². The van der Waals surface area contributed by atoms with Crippen LogP contribution in [-0.2, 0) is 4.79 Å². The second kappa shape index (κ2) is 5.82. The smallest absolute Gasteiger partial charge is 0.303 e. The topological polar surface area (TPSA) is 63.3 Å². The molecule has 2 radical (unpaired) electrons. The molecule has 1 unspecified atom stereocenters. The van der Waals surface area contributed by atoms with Gasteiger partial charge in [-0.2, -0.15) is 0 Å². The van der Waals surface area contributed by atoms with Crippen molar-refractivity contribution in [1.82, 2.24) is 0 Å². The van der Waals surface area contributed by atoms with Crippen LogP contribution >= 0.6 is 0 Å². The van der Waals surface area contributed by atoms with Crippen molar-refractivity contribution in [1.29, 1.82) is 0 Å². The molecular weight excluding hydrogens is 218 g/mol. The number of hydrogen-bond acceptors (Lipinski definition) is 2. The Morgan fingerprint density at radius 1 is 1.50 bits per heavy atom. The Hall–Kier alpha value is -1.13. The van der Waals surface area contributed by atoms with Crippen LogP contribution in [0.5, 0.6) is 0 Å². The van der Waals surface area contributed by atoms with Crippen LogP contribution < -0.4 is 10.9 Å².